The average molecular weight is 431 g/mol. The average Bonchev–Trinajstić information content (AvgIpc) is 2.75. The van der Waals surface area contributed by atoms with Crippen molar-refractivity contribution in [3.8, 4) is 0 Å². The highest BCUT2D eigenvalue weighted by Crippen LogP contribution is 2.37. The van der Waals surface area contributed by atoms with Gasteiger partial charge in [0.1, 0.15) is 6.61 Å². The van der Waals surface area contributed by atoms with E-state index in [4.69, 9.17) is 9.47 Å². The van der Waals surface area contributed by atoms with E-state index < -0.39 is 28.6 Å². The first-order valence-electron chi connectivity index (χ1n) is 9.67. The topological polar surface area (TPSA) is 95.7 Å². The Kier molecular flexibility index (Phi) is 9.09. The molecule has 2 aromatic rings. The maximum Gasteiger partial charge on any atom is 0.310 e. The number of carbonyl (C=O) groups excluding carboxylic acids is 1. The van der Waals surface area contributed by atoms with Gasteiger partial charge in [-0.25, -0.2) is 0 Å². The van der Waals surface area contributed by atoms with E-state index in [0.29, 0.717) is 12.0 Å². The number of rotatable bonds is 11. The van der Waals surface area contributed by atoms with Gasteiger partial charge in [-0.05, 0) is 35.6 Å². The van der Waals surface area contributed by atoms with E-state index in [1.165, 1.54) is 19.2 Å². The van der Waals surface area contributed by atoms with Gasteiger partial charge in [0.2, 0.25) is 0 Å². The predicted octanol–water partition coefficient (Wildman–Crippen LogP) is 5.35. The first-order chi connectivity index (χ1) is 14.4. The summed E-state index contributed by atoms with van der Waals surface area (Å²) in [6.07, 6.45) is -0.210. The van der Waals surface area contributed by atoms with Crippen molar-refractivity contribution in [1.29, 1.82) is 0 Å². The van der Waals surface area contributed by atoms with Gasteiger partial charge >= 0.3 is 5.97 Å². The van der Waals surface area contributed by atoms with Crippen LogP contribution in [0.25, 0.3) is 0 Å². The zero-order chi connectivity index (χ0) is 22.1. The molecule has 0 radical (unpaired) electrons. The summed E-state index contributed by atoms with van der Waals surface area (Å²) in [5.74, 6) is -0.934. The number of nitro groups is 1. The summed E-state index contributed by atoms with van der Waals surface area (Å²) in [6.45, 7) is 4.08. The number of nitrogens with zero attached hydrogens (tertiary/aromatic N) is 1. The molecule has 2 rings (SSSR count). The summed E-state index contributed by atoms with van der Waals surface area (Å²) < 4.78 is 23.3. The molecule has 0 fully saturated rings. The summed E-state index contributed by atoms with van der Waals surface area (Å²) in [7, 11) is 1.21. The van der Waals surface area contributed by atoms with Crippen molar-refractivity contribution in [3.05, 3.63) is 75.8 Å². The molecule has 160 valence electrons. The fraction of sp³-hybridized carbons (Fsp3) is 0.409. The van der Waals surface area contributed by atoms with Crippen molar-refractivity contribution in [3.63, 3.8) is 0 Å². The van der Waals surface area contributed by atoms with Crippen LogP contribution in [0.2, 0.25) is 0 Å². The first kappa shape index (κ1) is 23.6. The van der Waals surface area contributed by atoms with Crippen LogP contribution in [0.1, 0.15) is 37.5 Å². The summed E-state index contributed by atoms with van der Waals surface area (Å²) in [5, 5.41) is 10.9. The summed E-state index contributed by atoms with van der Waals surface area (Å²) >= 11 is 0. The molecule has 30 heavy (non-hydrogen) atoms. The Balaban J connectivity index is 2.25. The molecule has 7 nitrogen and oxygen atoms in total. The van der Waals surface area contributed by atoms with Gasteiger partial charge < -0.3 is 9.47 Å². The maximum absolute atomic E-state index is 12.9. The molecular weight excluding hydrogens is 405 g/mol. The van der Waals surface area contributed by atoms with Crippen LogP contribution < -0.4 is 0 Å². The fourth-order valence-electron chi connectivity index (χ4n) is 3.32. The number of nitro benzene ring substituents is 1. The minimum Gasteiger partial charge on any atom is -0.461 e. The number of carbonyl (C=O) groups is 1. The lowest BCUT2D eigenvalue weighted by Gasteiger charge is -2.28. The van der Waals surface area contributed by atoms with Crippen LogP contribution in [-0.2, 0) is 25.4 Å². The van der Waals surface area contributed by atoms with Gasteiger partial charge in [-0.1, -0.05) is 44.2 Å². The van der Waals surface area contributed by atoms with Crippen LogP contribution in [0.4, 0.5) is 5.69 Å². The molecule has 0 saturated heterocycles. The number of hydrogen-bond donors (Lipinski definition) is 0. The van der Waals surface area contributed by atoms with Crippen LogP contribution in [-0.4, -0.2) is 23.7 Å². The van der Waals surface area contributed by atoms with E-state index in [1.807, 2.05) is 44.2 Å². The summed E-state index contributed by atoms with van der Waals surface area (Å²) in [6, 6.07) is 15.2. The Morgan fingerprint density at radius 3 is 2.23 bits per heavy atom. The SMILES string of the molecule is COC(c1ccc([N+](=O)[O-])cc1)C(P=O)C(CC(C)C)C(=O)OCc1ccccc1. The highest BCUT2D eigenvalue weighted by Gasteiger charge is 2.38. The Hall–Kier alpha value is -2.63. The van der Waals surface area contributed by atoms with Crippen molar-refractivity contribution < 1.29 is 23.8 Å². The molecule has 8 heteroatoms. The van der Waals surface area contributed by atoms with Crippen molar-refractivity contribution in [2.45, 2.75) is 38.6 Å². The van der Waals surface area contributed by atoms with Gasteiger partial charge in [0.15, 0.2) is 8.46 Å². The quantitative estimate of drug-likeness (QED) is 0.206. The normalized spacial score (nSPS) is 14.3. The van der Waals surface area contributed by atoms with E-state index in [9.17, 15) is 19.5 Å². The van der Waals surface area contributed by atoms with Gasteiger partial charge in [0.05, 0.1) is 22.6 Å². The number of methoxy groups -OCH3 is 1. The lowest BCUT2D eigenvalue weighted by Crippen LogP contribution is -2.33. The smallest absolute Gasteiger partial charge is 0.310 e. The molecule has 0 bridgehead atoms. The second-order valence-electron chi connectivity index (χ2n) is 7.43. The Morgan fingerprint density at radius 1 is 1.10 bits per heavy atom. The maximum atomic E-state index is 12.9. The molecule has 0 spiro atoms. The minimum atomic E-state index is -0.692. The van der Waals surface area contributed by atoms with Crippen molar-refractivity contribution in [2.75, 3.05) is 7.11 Å². The zero-order valence-electron chi connectivity index (χ0n) is 17.3. The van der Waals surface area contributed by atoms with Gasteiger partial charge in [-0.2, -0.15) is 0 Å². The highest BCUT2D eigenvalue weighted by atomic mass is 31.1. The van der Waals surface area contributed by atoms with Crippen LogP contribution in [0.15, 0.2) is 54.6 Å². The Bertz CT molecular complexity index is 840. The fourth-order valence-corrected chi connectivity index (χ4v) is 4.11. The lowest BCUT2D eigenvalue weighted by molar-refractivity contribution is -0.384. The van der Waals surface area contributed by atoms with Gasteiger partial charge in [-0.15, -0.1) is 0 Å². The number of ether oxygens (including phenoxy) is 2. The molecule has 0 heterocycles. The Labute approximate surface area is 177 Å². The van der Waals surface area contributed by atoms with Crippen molar-refractivity contribution in [1.82, 2.24) is 0 Å². The van der Waals surface area contributed by atoms with Crippen LogP contribution >= 0.6 is 8.46 Å². The molecule has 0 aliphatic carbocycles. The third-order valence-corrected chi connectivity index (χ3v) is 5.66. The van der Waals surface area contributed by atoms with Crippen molar-refractivity contribution in [2.24, 2.45) is 11.8 Å². The highest BCUT2D eigenvalue weighted by molar-refractivity contribution is 7.24. The molecule has 0 N–H and O–H groups in total. The van der Waals surface area contributed by atoms with E-state index in [-0.39, 0.29) is 26.7 Å². The third-order valence-electron chi connectivity index (χ3n) is 4.78. The van der Waals surface area contributed by atoms with Crippen LogP contribution in [0, 0.1) is 22.0 Å². The lowest BCUT2D eigenvalue weighted by atomic mass is 9.89. The molecular formula is C22H26NO6P. The first-order valence-corrected chi connectivity index (χ1v) is 10.6. The Morgan fingerprint density at radius 2 is 1.73 bits per heavy atom. The molecule has 3 unspecified atom stereocenters. The monoisotopic (exact) mass is 431 g/mol. The second-order valence-corrected chi connectivity index (χ2v) is 8.24. The van der Waals surface area contributed by atoms with Gasteiger partial charge in [0, 0.05) is 19.2 Å². The van der Waals surface area contributed by atoms with Crippen LogP contribution in [0.3, 0.4) is 0 Å². The minimum absolute atomic E-state index is 0.0502. The van der Waals surface area contributed by atoms with E-state index in [2.05, 4.69) is 0 Å². The number of benzene rings is 2. The molecule has 0 aromatic heterocycles. The standard InChI is InChI=1S/C22H26NO6P/c1-15(2)13-19(22(24)29-14-16-7-5-4-6-8-16)21(30-27)20(28-3)17-9-11-18(12-10-17)23(25)26/h4-12,15,19-21H,13-14H2,1-3H3. The predicted molar refractivity (Wildman–Crippen MR) is 113 cm³/mol. The molecule has 0 aliphatic rings. The van der Waals surface area contributed by atoms with Gasteiger partial charge in [-0.3, -0.25) is 19.5 Å². The zero-order valence-corrected chi connectivity index (χ0v) is 18.2. The van der Waals surface area contributed by atoms with E-state index in [1.54, 1.807) is 12.1 Å². The molecule has 3 atom stereocenters. The number of hydrogen-bond acceptors (Lipinski definition) is 6. The summed E-state index contributed by atoms with van der Waals surface area (Å²) in [5.41, 5.74) is 0.734. The largest absolute Gasteiger partial charge is 0.461 e. The van der Waals surface area contributed by atoms with Gasteiger partial charge in [0.25, 0.3) is 5.69 Å². The molecule has 2 aromatic carbocycles. The van der Waals surface area contributed by atoms with Crippen molar-refractivity contribution >= 4 is 20.1 Å². The molecule has 0 amide bonds. The number of esters is 1. The molecule has 0 aliphatic heterocycles. The van der Waals surface area contributed by atoms with E-state index in [0.717, 1.165) is 5.56 Å². The summed E-state index contributed by atoms with van der Waals surface area (Å²) in [4.78, 5) is 23.4. The van der Waals surface area contributed by atoms with E-state index >= 15 is 0 Å². The molecule has 0 saturated carbocycles. The second kappa shape index (κ2) is 11.5. The van der Waals surface area contributed by atoms with Crippen LogP contribution in [0.5, 0.6) is 0 Å². The third kappa shape index (κ3) is 6.44. The number of non-ortho nitro benzene ring substituents is 1.